The van der Waals surface area contributed by atoms with Gasteiger partial charge in [-0.25, -0.2) is 0 Å². The van der Waals surface area contributed by atoms with Crippen molar-refractivity contribution in [3.8, 4) is 0 Å². The van der Waals surface area contributed by atoms with Crippen LogP contribution >= 0.6 is 0 Å². The summed E-state index contributed by atoms with van der Waals surface area (Å²) in [7, 11) is 0. The van der Waals surface area contributed by atoms with Crippen LogP contribution in [0.25, 0.3) is 0 Å². The Kier molecular flexibility index (Phi) is 4.80. The third-order valence-electron chi connectivity index (χ3n) is 3.63. The van der Waals surface area contributed by atoms with E-state index >= 15 is 0 Å². The lowest BCUT2D eigenvalue weighted by Crippen LogP contribution is -2.35. The summed E-state index contributed by atoms with van der Waals surface area (Å²) in [6.45, 7) is 0.650. The van der Waals surface area contributed by atoms with Crippen LogP contribution in [0.4, 0.5) is 13.2 Å². The van der Waals surface area contributed by atoms with E-state index in [0.29, 0.717) is 12.6 Å². The van der Waals surface area contributed by atoms with E-state index in [9.17, 15) is 13.2 Å². The highest BCUT2D eigenvalue weighted by atomic mass is 19.4. The molecule has 0 spiro atoms. The molecule has 1 aromatic heterocycles. The molecule has 19 heavy (non-hydrogen) atoms. The molecule has 0 amide bonds. The second-order valence-corrected chi connectivity index (χ2v) is 5.14. The van der Waals surface area contributed by atoms with E-state index < -0.39 is 12.6 Å². The highest BCUT2D eigenvalue weighted by Crippen LogP contribution is 2.27. The largest absolute Gasteiger partial charge is 0.390 e. The van der Waals surface area contributed by atoms with Gasteiger partial charge in [0.1, 0.15) is 0 Å². The Morgan fingerprint density at radius 2 is 2.00 bits per heavy atom. The van der Waals surface area contributed by atoms with Gasteiger partial charge in [0.15, 0.2) is 0 Å². The first kappa shape index (κ1) is 14.3. The summed E-state index contributed by atoms with van der Waals surface area (Å²) >= 11 is 0. The van der Waals surface area contributed by atoms with Gasteiger partial charge in [0.25, 0.3) is 0 Å². The maximum atomic E-state index is 12.4. The third-order valence-corrected chi connectivity index (χ3v) is 3.63. The molecule has 1 aromatic rings. The standard InChI is InChI=1S/C14H19F3N2/c15-14(16,17)7-9-19(13-5-1-2-6-13)11-12-4-3-8-18-10-12/h3-4,8,10,13H,1-2,5-7,9,11H2. The van der Waals surface area contributed by atoms with Gasteiger partial charge in [-0.05, 0) is 24.5 Å². The number of pyridine rings is 1. The first-order chi connectivity index (χ1) is 9.04. The molecule has 106 valence electrons. The summed E-state index contributed by atoms with van der Waals surface area (Å²) in [4.78, 5) is 5.99. The average Bonchev–Trinajstić information content (AvgIpc) is 2.88. The molecule has 0 atom stereocenters. The number of hydrogen-bond donors (Lipinski definition) is 0. The van der Waals surface area contributed by atoms with Crippen molar-refractivity contribution in [2.24, 2.45) is 0 Å². The van der Waals surface area contributed by atoms with Gasteiger partial charge in [-0.2, -0.15) is 13.2 Å². The molecular weight excluding hydrogens is 253 g/mol. The van der Waals surface area contributed by atoms with Crippen LogP contribution in [-0.4, -0.2) is 28.6 Å². The van der Waals surface area contributed by atoms with Gasteiger partial charge in [0.2, 0.25) is 0 Å². The summed E-state index contributed by atoms with van der Waals surface area (Å²) in [5, 5.41) is 0. The molecule has 5 heteroatoms. The Balaban J connectivity index is 1.97. The van der Waals surface area contributed by atoms with Crippen molar-refractivity contribution < 1.29 is 13.2 Å². The fourth-order valence-corrected chi connectivity index (χ4v) is 2.66. The first-order valence-corrected chi connectivity index (χ1v) is 6.74. The van der Waals surface area contributed by atoms with Gasteiger partial charge in [-0.15, -0.1) is 0 Å². The fourth-order valence-electron chi connectivity index (χ4n) is 2.66. The second kappa shape index (κ2) is 6.37. The highest BCUT2D eigenvalue weighted by molar-refractivity contribution is 5.08. The second-order valence-electron chi connectivity index (χ2n) is 5.14. The topological polar surface area (TPSA) is 16.1 Å². The van der Waals surface area contributed by atoms with Crippen LogP contribution in [0, 0.1) is 0 Å². The zero-order valence-corrected chi connectivity index (χ0v) is 10.9. The van der Waals surface area contributed by atoms with Crippen molar-refractivity contribution >= 4 is 0 Å². The number of hydrogen-bond acceptors (Lipinski definition) is 2. The van der Waals surface area contributed by atoms with E-state index in [-0.39, 0.29) is 6.54 Å². The van der Waals surface area contributed by atoms with Crippen LogP contribution in [0.5, 0.6) is 0 Å². The van der Waals surface area contributed by atoms with Gasteiger partial charge >= 0.3 is 6.18 Å². The van der Waals surface area contributed by atoms with Gasteiger partial charge in [0, 0.05) is 31.5 Å². The predicted octanol–water partition coefficient (Wildman–Crippen LogP) is 3.78. The van der Waals surface area contributed by atoms with Crippen molar-refractivity contribution in [2.45, 2.75) is 50.9 Å². The minimum absolute atomic E-state index is 0.0864. The summed E-state index contributed by atoms with van der Waals surface area (Å²) < 4.78 is 37.2. The Morgan fingerprint density at radius 3 is 2.58 bits per heavy atom. The Morgan fingerprint density at radius 1 is 1.26 bits per heavy atom. The van der Waals surface area contributed by atoms with E-state index in [0.717, 1.165) is 31.2 Å². The number of rotatable bonds is 5. The quantitative estimate of drug-likeness (QED) is 0.811. The zero-order chi connectivity index (χ0) is 13.7. The van der Waals surface area contributed by atoms with Crippen molar-refractivity contribution in [1.29, 1.82) is 0 Å². The smallest absolute Gasteiger partial charge is 0.296 e. The molecule has 1 aliphatic carbocycles. The van der Waals surface area contributed by atoms with E-state index in [1.54, 1.807) is 12.4 Å². The van der Waals surface area contributed by atoms with Crippen molar-refractivity contribution in [3.63, 3.8) is 0 Å². The van der Waals surface area contributed by atoms with Crippen LogP contribution in [0.1, 0.15) is 37.7 Å². The molecule has 0 aliphatic heterocycles. The van der Waals surface area contributed by atoms with Gasteiger partial charge < -0.3 is 0 Å². The molecule has 0 N–H and O–H groups in total. The SMILES string of the molecule is FC(F)(F)CCN(Cc1cccnc1)C1CCCC1. The lowest BCUT2D eigenvalue weighted by Gasteiger charge is -2.29. The lowest BCUT2D eigenvalue weighted by atomic mass is 10.1. The summed E-state index contributed by atoms with van der Waals surface area (Å²) in [5.41, 5.74) is 0.983. The normalized spacial score (nSPS) is 17.3. The Bertz CT molecular complexity index is 372. The molecule has 1 saturated carbocycles. The zero-order valence-electron chi connectivity index (χ0n) is 10.9. The van der Waals surface area contributed by atoms with Gasteiger partial charge in [-0.3, -0.25) is 9.88 Å². The molecule has 0 radical (unpaired) electrons. The molecule has 1 aliphatic rings. The molecular formula is C14H19F3N2. The van der Waals surface area contributed by atoms with Gasteiger partial charge in [-0.1, -0.05) is 18.9 Å². The number of halogens is 3. The van der Waals surface area contributed by atoms with Crippen LogP contribution in [-0.2, 0) is 6.54 Å². The molecule has 0 saturated heterocycles. The van der Waals surface area contributed by atoms with Crippen LogP contribution in [0.2, 0.25) is 0 Å². The van der Waals surface area contributed by atoms with E-state index in [2.05, 4.69) is 4.98 Å². The van der Waals surface area contributed by atoms with Gasteiger partial charge in [0.05, 0.1) is 6.42 Å². The predicted molar refractivity (Wildman–Crippen MR) is 67.6 cm³/mol. The monoisotopic (exact) mass is 272 g/mol. The summed E-state index contributed by atoms with van der Waals surface area (Å²) in [6.07, 6.45) is 2.88. The maximum Gasteiger partial charge on any atom is 0.390 e. The van der Waals surface area contributed by atoms with E-state index in [1.165, 1.54) is 0 Å². The van der Waals surface area contributed by atoms with Crippen molar-refractivity contribution in [1.82, 2.24) is 9.88 Å². The van der Waals surface area contributed by atoms with Crippen LogP contribution in [0.3, 0.4) is 0 Å². The average molecular weight is 272 g/mol. The summed E-state index contributed by atoms with van der Waals surface area (Å²) in [5.74, 6) is 0. The van der Waals surface area contributed by atoms with Crippen LogP contribution < -0.4 is 0 Å². The van der Waals surface area contributed by atoms with Crippen molar-refractivity contribution in [3.05, 3.63) is 30.1 Å². The molecule has 0 unspecified atom stereocenters. The van der Waals surface area contributed by atoms with E-state index in [1.807, 2.05) is 17.0 Å². The van der Waals surface area contributed by atoms with E-state index in [4.69, 9.17) is 0 Å². The van der Waals surface area contributed by atoms with Crippen molar-refractivity contribution in [2.75, 3.05) is 6.54 Å². The minimum atomic E-state index is -4.08. The first-order valence-electron chi connectivity index (χ1n) is 6.74. The highest BCUT2D eigenvalue weighted by Gasteiger charge is 2.30. The summed E-state index contributed by atoms with van der Waals surface area (Å²) in [6, 6.07) is 4.04. The molecule has 0 bridgehead atoms. The lowest BCUT2D eigenvalue weighted by molar-refractivity contribution is -0.139. The van der Waals surface area contributed by atoms with Crippen LogP contribution in [0.15, 0.2) is 24.5 Å². The fraction of sp³-hybridized carbons (Fsp3) is 0.643. The third kappa shape index (κ3) is 4.82. The molecule has 1 heterocycles. The number of alkyl halides is 3. The molecule has 2 rings (SSSR count). The molecule has 1 fully saturated rings. The Hall–Kier alpha value is -1.10. The Labute approximate surface area is 111 Å². The maximum absolute atomic E-state index is 12.4. The molecule has 2 nitrogen and oxygen atoms in total. The minimum Gasteiger partial charge on any atom is -0.296 e. The number of nitrogens with zero attached hydrogens (tertiary/aromatic N) is 2. The molecule has 0 aromatic carbocycles. The number of aromatic nitrogens is 1.